The van der Waals surface area contributed by atoms with E-state index in [9.17, 15) is 42.3 Å². The lowest BCUT2D eigenvalue weighted by atomic mass is 10.0. The number of hydrogen-bond donors (Lipinski definition) is 6. The number of nitrogens with zero attached hydrogens (tertiary/aromatic N) is 5. The first-order valence-corrected chi connectivity index (χ1v) is 17.7. The zero-order chi connectivity index (χ0) is 34.3. The maximum atomic E-state index is 13.0. The van der Waals surface area contributed by atoms with Crippen molar-refractivity contribution in [3.63, 3.8) is 0 Å². The van der Waals surface area contributed by atoms with Crippen LogP contribution in [0.2, 0.25) is 0 Å². The highest BCUT2D eigenvalue weighted by atomic mass is 32.2. The molecule has 258 valence electrons. The van der Waals surface area contributed by atoms with E-state index in [2.05, 4.69) is 20.3 Å². The molecule has 20 nitrogen and oxygen atoms in total. The highest BCUT2D eigenvalue weighted by Gasteiger charge is 2.56. The standard InChI is InChI=1S/C25H28N8O12S3/c26-20-17-21(28-9-27-20)32(10-29-17)16-5-13(34)14(45-16)7-44-48(41,42)31-25(39)43-6-11-8-47(40)23-18(22(36)33(23)19(11)24(37)38)30-15(35)4-12-2-1-3-46-12/h1-3,9-10,13-14,16,18,23-24,34,37-38H,4-8H2,(H,30,35)(H,31,39)(H2,26,27,28)/t13-,14+,16+,18+,23+,47?/m0/s1. The van der Waals surface area contributed by atoms with E-state index in [0.717, 1.165) is 9.78 Å². The van der Waals surface area contributed by atoms with Crippen LogP contribution in [0.1, 0.15) is 17.5 Å². The Hall–Kier alpha value is -4.10. The molecule has 6 atom stereocenters. The van der Waals surface area contributed by atoms with Crippen molar-refractivity contribution in [1.82, 2.24) is 34.5 Å². The van der Waals surface area contributed by atoms with Crippen LogP contribution in [0.5, 0.6) is 0 Å². The summed E-state index contributed by atoms with van der Waals surface area (Å²) < 4.78 is 56.3. The molecule has 1 unspecified atom stereocenters. The van der Waals surface area contributed by atoms with Gasteiger partial charge in [-0.2, -0.15) is 13.1 Å². The van der Waals surface area contributed by atoms with Gasteiger partial charge >= 0.3 is 16.4 Å². The monoisotopic (exact) mass is 728 g/mol. The lowest BCUT2D eigenvalue weighted by Crippen LogP contribution is -2.74. The number of nitrogen functional groups attached to an aromatic ring is 1. The molecule has 6 rings (SSSR count). The normalized spacial score (nSPS) is 25.7. The first kappa shape index (κ1) is 33.8. The van der Waals surface area contributed by atoms with Gasteiger partial charge in [-0.15, -0.1) is 11.3 Å². The van der Waals surface area contributed by atoms with Gasteiger partial charge < -0.3 is 35.8 Å². The first-order chi connectivity index (χ1) is 22.8. The Morgan fingerprint density at radius 2 is 2.06 bits per heavy atom. The van der Waals surface area contributed by atoms with Gasteiger partial charge in [-0.05, 0) is 11.4 Å². The number of imidazole rings is 1. The quantitative estimate of drug-likeness (QED) is 0.0867. The summed E-state index contributed by atoms with van der Waals surface area (Å²) in [5.74, 6) is -1.49. The summed E-state index contributed by atoms with van der Waals surface area (Å²) in [7, 11) is -6.67. The van der Waals surface area contributed by atoms with Crippen LogP contribution >= 0.6 is 11.3 Å². The smallest absolute Gasteiger partial charge is 0.423 e. The van der Waals surface area contributed by atoms with Crippen molar-refractivity contribution in [2.24, 2.45) is 0 Å². The number of hydrogen-bond acceptors (Lipinski definition) is 17. The molecule has 0 saturated carbocycles. The molecule has 3 aliphatic rings. The summed E-state index contributed by atoms with van der Waals surface area (Å²) in [5.41, 5.74) is 5.90. The molecule has 3 amide bonds. The number of amides is 3. The molecule has 0 aromatic carbocycles. The van der Waals surface area contributed by atoms with Gasteiger partial charge in [-0.3, -0.25) is 27.4 Å². The fourth-order valence-corrected chi connectivity index (χ4v) is 8.45. The summed E-state index contributed by atoms with van der Waals surface area (Å²) in [4.78, 5) is 51.3. The second-order valence-corrected chi connectivity index (χ2v) is 14.6. The van der Waals surface area contributed by atoms with E-state index in [1.807, 2.05) is 0 Å². The van der Waals surface area contributed by atoms with Crippen LogP contribution in [0.3, 0.4) is 0 Å². The number of aliphatic hydroxyl groups excluding tert-OH is 2. The molecule has 0 aliphatic carbocycles. The molecule has 0 spiro atoms. The molecular weight excluding hydrogens is 701 g/mol. The molecule has 0 bridgehead atoms. The van der Waals surface area contributed by atoms with Gasteiger partial charge in [0.25, 0.3) is 5.91 Å². The molecule has 7 N–H and O–H groups in total. The van der Waals surface area contributed by atoms with Crippen molar-refractivity contribution in [2.75, 3.05) is 24.7 Å². The minimum Gasteiger partial charge on any atom is -0.444 e. The number of ether oxygens (including phenoxy) is 2. The highest BCUT2D eigenvalue weighted by Crippen LogP contribution is 2.36. The van der Waals surface area contributed by atoms with E-state index in [1.54, 1.807) is 17.5 Å². The Morgan fingerprint density at radius 3 is 2.79 bits per heavy atom. The van der Waals surface area contributed by atoms with E-state index >= 15 is 0 Å². The van der Waals surface area contributed by atoms with Crippen LogP contribution in [0.25, 0.3) is 11.2 Å². The number of rotatable bonds is 11. The minimum absolute atomic E-state index is 0.00357. The number of aromatic nitrogens is 4. The fourth-order valence-electron chi connectivity index (χ4n) is 5.43. The van der Waals surface area contributed by atoms with Crippen LogP contribution in [-0.4, -0.2) is 119 Å². The number of carbonyl (C=O) groups excluding carboxylic acids is 3. The molecule has 0 radical (unpaired) electrons. The van der Waals surface area contributed by atoms with Crippen LogP contribution < -0.4 is 15.8 Å². The van der Waals surface area contributed by atoms with Gasteiger partial charge in [0.05, 0.1) is 47.7 Å². The second kappa shape index (κ2) is 13.4. The zero-order valence-electron chi connectivity index (χ0n) is 24.4. The summed E-state index contributed by atoms with van der Waals surface area (Å²) in [6.07, 6.45) is -4.27. The number of fused-ring (bicyclic) bond motifs is 2. The predicted octanol–water partition coefficient (Wildman–Crippen LogP) is -2.67. The zero-order valence-corrected chi connectivity index (χ0v) is 26.9. The molecule has 2 fully saturated rings. The minimum atomic E-state index is -4.80. The SMILES string of the molecule is Nc1ncnc2c1ncn2[C@H]1C[C@H](O)[C@@H](COS(=O)(=O)NC(=O)OCC2=C(C(O)O)N3C(=O)[C@@H](NC(=O)Cc4cccs4)[C@H]3S(=O)C2)O1. The van der Waals surface area contributed by atoms with Crippen molar-refractivity contribution in [1.29, 1.82) is 0 Å². The van der Waals surface area contributed by atoms with Gasteiger partial charge in [-0.1, -0.05) is 6.07 Å². The maximum absolute atomic E-state index is 13.0. The largest absolute Gasteiger partial charge is 0.444 e. The Labute approximate surface area is 277 Å². The van der Waals surface area contributed by atoms with E-state index < -0.39 is 94.1 Å². The predicted molar refractivity (Wildman–Crippen MR) is 162 cm³/mol. The third-order valence-electron chi connectivity index (χ3n) is 7.60. The number of nitrogens with two attached hydrogens (primary N) is 1. The maximum Gasteiger partial charge on any atom is 0.423 e. The third kappa shape index (κ3) is 6.75. The number of carbonyl (C=O) groups is 3. The van der Waals surface area contributed by atoms with Crippen LogP contribution in [0.4, 0.5) is 10.6 Å². The third-order valence-corrected chi connectivity index (χ3v) is 11.0. The topological polar surface area (TPSA) is 288 Å². The van der Waals surface area contributed by atoms with Crippen molar-refractivity contribution in [3.8, 4) is 0 Å². The number of thiophene rings is 1. The Kier molecular flexibility index (Phi) is 9.45. The summed E-state index contributed by atoms with van der Waals surface area (Å²) in [6.45, 7) is -1.47. The van der Waals surface area contributed by atoms with Crippen molar-refractivity contribution in [2.45, 2.75) is 49.0 Å². The Balaban J connectivity index is 1.02. The number of anilines is 1. The van der Waals surface area contributed by atoms with Gasteiger partial charge in [0, 0.05) is 16.9 Å². The average molecular weight is 729 g/mol. The average Bonchev–Trinajstić information content (AvgIpc) is 3.78. The van der Waals surface area contributed by atoms with Gasteiger partial charge in [-0.25, -0.2) is 19.7 Å². The Morgan fingerprint density at radius 1 is 1.27 bits per heavy atom. The summed E-state index contributed by atoms with van der Waals surface area (Å²) >= 11 is 1.35. The molecular formula is C25H28N8O12S3. The van der Waals surface area contributed by atoms with E-state index in [1.165, 1.54) is 33.3 Å². The second-order valence-electron chi connectivity index (χ2n) is 10.7. The van der Waals surface area contributed by atoms with Crippen molar-refractivity contribution < 1.29 is 56.0 Å². The Bertz CT molecular complexity index is 1900. The molecule has 3 aliphatic heterocycles. The molecule has 48 heavy (non-hydrogen) atoms. The highest BCUT2D eigenvalue weighted by molar-refractivity contribution is 7.86. The van der Waals surface area contributed by atoms with Gasteiger partial charge in [0.2, 0.25) is 5.91 Å². The molecule has 23 heteroatoms. The summed E-state index contributed by atoms with van der Waals surface area (Å²) in [6, 6.07) is 2.32. The molecule has 6 heterocycles. The molecule has 3 aromatic rings. The molecule has 3 aromatic heterocycles. The lowest BCUT2D eigenvalue weighted by molar-refractivity contribution is -0.150. The van der Waals surface area contributed by atoms with Gasteiger partial charge in [0.1, 0.15) is 42.2 Å². The lowest BCUT2D eigenvalue weighted by Gasteiger charge is -2.50. The van der Waals surface area contributed by atoms with Crippen LogP contribution in [0.15, 0.2) is 41.4 Å². The van der Waals surface area contributed by atoms with E-state index in [0.29, 0.717) is 11.2 Å². The molecule has 2 saturated heterocycles. The van der Waals surface area contributed by atoms with Crippen LogP contribution in [0, 0.1) is 0 Å². The van der Waals surface area contributed by atoms with E-state index in [4.69, 9.17) is 19.4 Å². The first-order valence-electron chi connectivity index (χ1n) is 14.0. The van der Waals surface area contributed by atoms with E-state index in [-0.39, 0.29) is 30.0 Å². The number of aliphatic hydroxyl groups is 3. The van der Waals surface area contributed by atoms with Crippen molar-refractivity contribution >= 4 is 67.3 Å². The number of β-lactam (4-membered cyclic amide) rings is 1. The van der Waals surface area contributed by atoms with Crippen molar-refractivity contribution in [3.05, 3.63) is 46.3 Å². The summed E-state index contributed by atoms with van der Waals surface area (Å²) in [5, 5.41) is 33.6. The van der Waals surface area contributed by atoms with Gasteiger partial charge in [0.15, 0.2) is 17.8 Å². The fraction of sp³-hybridized carbons (Fsp3) is 0.440. The van der Waals surface area contributed by atoms with Crippen LogP contribution in [-0.2, 0) is 50.8 Å². The number of nitrogens with one attached hydrogen (secondary N) is 2.